The highest BCUT2D eigenvalue weighted by atomic mass is 16.3. The molecule has 0 aliphatic heterocycles. The first-order valence-electron chi connectivity index (χ1n) is 10.4. The van der Waals surface area contributed by atoms with Crippen molar-refractivity contribution in [3.05, 3.63) is 77.4 Å². The van der Waals surface area contributed by atoms with Gasteiger partial charge in [0.15, 0.2) is 0 Å². The molecule has 164 valence electrons. The van der Waals surface area contributed by atoms with E-state index < -0.39 is 0 Å². The number of phenolic OH excluding ortho intramolecular Hbond substituents is 5. The lowest BCUT2D eigenvalue weighted by atomic mass is 10.1. The summed E-state index contributed by atoms with van der Waals surface area (Å²) in [5.41, 5.74) is 2.56. The van der Waals surface area contributed by atoms with Gasteiger partial charge >= 0.3 is 0 Å². The van der Waals surface area contributed by atoms with Crippen LogP contribution in [0, 0.1) is 0 Å². The molecule has 3 rings (SSSR count). The molecule has 0 fully saturated rings. The van der Waals surface area contributed by atoms with E-state index in [9.17, 15) is 15.3 Å². The lowest BCUT2D eigenvalue weighted by molar-refractivity contribution is 0.444. The quantitative estimate of drug-likeness (QED) is 0.231. The highest BCUT2D eigenvalue weighted by molar-refractivity contribution is 5.71. The van der Waals surface area contributed by atoms with Crippen molar-refractivity contribution in [2.45, 2.75) is 39.0 Å². The molecule has 0 heterocycles. The van der Waals surface area contributed by atoms with E-state index in [0.717, 1.165) is 24.0 Å². The van der Waals surface area contributed by atoms with Crippen molar-refractivity contribution >= 4 is 12.2 Å². The van der Waals surface area contributed by atoms with Gasteiger partial charge in [-0.15, -0.1) is 0 Å². The molecular formula is C26H30O5. The lowest BCUT2D eigenvalue weighted by Crippen LogP contribution is -1.86. The molecule has 0 atom stereocenters. The summed E-state index contributed by atoms with van der Waals surface area (Å²) in [6, 6.07) is 15.9. The summed E-state index contributed by atoms with van der Waals surface area (Å²) in [4.78, 5) is 0. The Bertz CT molecular complexity index is 957. The van der Waals surface area contributed by atoms with Crippen LogP contribution in [0.25, 0.3) is 12.2 Å². The number of phenols is 5. The minimum atomic E-state index is 0.0235. The lowest BCUT2D eigenvalue weighted by Gasteiger charge is -2.04. The molecule has 0 aromatic heterocycles. The summed E-state index contributed by atoms with van der Waals surface area (Å²) < 4.78 is 0. The second-order valence-electron chi connectivity index (χ2n) is 7.33. The van der Waals surface area contributed by atoms with Gasteiger partial charge in [-0.1, -0.05) is 56.5 Å². The zero-order valence-electron chi connectivity index (χ0n) is 17.7. The number of rotatable bonds is 7. The maximum Gasteiger partial charge on any atom is 0.122 e. The SMILES string of the molecule is CCCCCCc1ccc(O)cc1O.Oc1ccc(C=Cc2cc(O)cc(O)c2)cc1. The van der Waals surface area contributed by atoms with Gasteiger partial charge in [-0.25, -0.2) is 0 Å². The van der Waals surface area contributed by atoms with Crippen LogP contribution in [0.5, 0.6) is 28.7 Å². The molecule has 5 N–H and O–H groups in total. The second kappa shape index (κ2) is 12.2. The van der Waals surface area contributed by atoms with Crippen molar-refractivity contribution in [1.29, 1.82) is 0 Å². The Labute approximate surface area is 183 Å². The van der Waals surface area contributed by atoms with Crippen LogP contribution in [-0.2, 0) is 6.42 Å². The number of hydrogen-bond acceptors (Lipinski definition) is 5. The molecule has 0 bridgehead atoms. The molecule has 0 radical (unpaired) electrons. The summed E-state index contributed by atoms with van der Waals surface area (Å²) >= 11 is 0. The predicted octanol–water partition coefficient (Wildman–Crippen LogP) is 6.19. The van der Waals surface area contributed by atoms with Gasteiger partial charge in [-0.05, 0) is 59.9 Å². The summed E-state index contributed by atoms with van der Waals surface area (Å²) in [5.74, 6) is 0.601. The normalized spacial score (nSPS) is 10.6. The number of aryl methyl sites for hydroxylation is 1. The van der Waals surface area contributed by atoms with E-state index in [0.29, 0.717) is 5.56 Å². The number of benzene rings is 3. The van der Waals surface area contributed by atoms with Crippen LogP contribution < -0.4 is 0 Å². The van der Waals surface area contributed by atoms with Crippen molar-refractivity contribution in [3.8, 4) is 28.7 Å². The average Bonchev–Trinajstić information content (AvgIpc) is 2.72. The van der Waals surface area contributed by atoms with Crippen molar-refractivity contribution in [3.63, 3.8) is 0 Å². The molecular weight excluding hydrogens is 392 g/mol. The van der Waals surface area contributed by atoms with E-state index in [2.05, 4.69) is 6.92 Å². The molecule has 3 aromatic rings. The number of hydrogen-bond donors (Lipinski definition) is 5. The first-order valence-corrected chi connectivity index (χ1v) is 10.4. The van der Waals surface area contributed by atoms with E-state index in [1.807, 2.05) is 6.08 Å². The molecule has 0 saturated carbocycles. The zero-order valence-corrected chi connectivity index (χ0v) is 17.7. The molecule has 0 aliphatic carbocycles. The standard InChI is InChI=1S/C14H12O3.C12H18O2/c15-12-5-3-10(4-6-12)1-2-11-7-13(16)9-14(17)8-11;1-2-3-4-5-6-10-7-8-11(13)9-12(10)14/h1-9,15-17H;7-9,13-14H,2-6H2,1H3. The fraction of sp³-hybridized carbons (Fsp3) is 0.231. The van der Waals surface area contributed by atoms with Crippen LogP contribution in [0.3, 0.4) is 0 Å². The van der Waals surface area contributed by atoms with Crippen LogP contribution >= 0.6 is 0 Å². The molecule has 0 saturated heterocycles. The summed E-state index contributed by atoms with van der Waals surface area (Å²) in [6.45, 7) is 2.18. The summed E-state index contributed by atoms with van der Waals surface area (Å²) in [7, 11) is 0. The molecule has 0 unspecified atom stereocenters. The minimum absolute atomic E-state index is 0.0235. The average molecular weight is 423 g/mol. The predicted molar refractivity (Wildman–Crippen MR) is 124 cm³/mol. The Kier molecular flexibility index (Phi) is 9.30. The number of unbranched alkanes of at least 4 members (excludes halogenated alkanes) is 3. The van der Waals surface area contributed by atoms with Crippen LogP contribution in [0.1, 0.15) is 49.3 Å². The fourth-order valence-electron chi connectivity index (χ4n) is 3.00. The highest BCUT2D eigenvalue weighted by Crippen LogP contribution is 2.24. The van der Waals surface area contributed by atoms with Gasteiger partial charge < -0.3 is 25.5 Å². The Morgan fingerprint density at radius 2 is 1.19 bits per heavy atom. The third-order valence-corrected chi connectivity index (χ3v) is 4.65. The third kappa shape index (κ3) is 8.74. The van der Waals surface area contributed by atoms with E-state index in [-0.39, 0.29) is 28.7 Å². The molecule has 5 nitrogen and oxygen atoms in total. The van der Waals surface area contributed by atoms with Gasteiger partial charge in [0.25, 0.3) is 0 Å². The van der Waals surface area contributed by atoms with Gasteiger partial charge in [-0.2, -0.15) is 0 Å². The molecule has 0 aliphatic rings. The van der Waals surface area contributed by atoms with Gasteiger partial charge in [0.1, 0.15) is 28.7 Å². The van der Waals surface area contributed by atoms with Crippen LogP contribution in [0.2, 0.25) is 0 Å². The Morgan fingerprint density at radius 1 is 0.581 bits per heavy atom. The van der Waals surface area contributed by atoms with E-state index in [1.54, 1.807) is 54.6 Å². The maximum atomic E-state index is 9.49. The van der Waals surface area contributed by atoms with Gasteiger partial charge in [0.2, 0.25) is 0 Å². The highest BCUT2D eigenvalue weighted by Gasteiger charge is 2.01. The first-order chi connectivity index (χ1) is 14.9. The summed E-state index contributed by atoms with van der Waals surface area (Å²) in [5, 5.41) is 46.3. The zero-order chi connectivity index (χ0) is 22.6. The van der Waals surface area contributed by atoms with Gasteiger partial charge in [0.05, 0.1) is 0 Å². The number of aromatic hydroxyl groups is 5. The minimum Gasteiger partial charge on any atom is -0.508 e. The van der Waals surface area contributed by atoms with Crippen LogP contribution in [-0.4, -0.2) is 25.5 Å². The van der Waals surface area contributed by atoms with Gasteiger partial charge in [0, 0.05) is 12.1 Å². The maximum absolute atomic E-state index is 9.49. The van der Waals surface area contributed by atoms with Crippen molar-refractivity contribution in [1.82, 2.24) is 0 Å². The van der Waals surface area contributed by atoms with Crippen molar-refractivity contribution in [2.75, 3.05) is 0 Å². The van der Waals surface area contributed by atoms with Crippen LogP contribution in [0.15, 0.2) is 60.7 Å². The van der Waals surface area contributed by atoms with E-state index in [1.165, 1.54) is 31.4 Å². The fourth-order valence-corrected chi connectivity index (χ4v) is 3.00. The third-order valence-electron chi connectivity index (χ3n) is 4.65. The Morgan fingerprint density at radius 3 is 1.81 bits per heavy atom. The molecule has 31 heavy (non-hydrogen) atoms. The van der Waals surface area contributed by atoms with Crippen molar-refractivity contribution < 1.29 is 25.5 Å². The molecule has 0 spiro atoms. The summed E-state index contributed by atoms with van der Waals surface area (Å²) in [6.07, 6.45) is 9.27. The monoisotopic (exact) mass is 422 g/mol. The molecule has 3 aromatic carbocycles. The van der Waals surface area contributed by atoms with E-state index >= 15 is 0 Å². The van der Waals surface area contributed by atoms with Crippen LogP contribution in [0.4, 0.5) is 0 Å². The smallest absolute Gasteiger partial charge is 0.122 e. The van der Waals surface area contributed by atoms with Crippen molar-refractivity contribution in [2.24, 2.45) is 0 Å². The van der Waals surface area contributed by atoms with E-state index in [4.69, 9.17) is 10.2 Å². The Balaban J connectivity index is 0.000000225. The second-order valence-corrected chi connectivity index (χ2v) is 7.33. The Hall–Kier alpha value is -3.60. The topological polar surface area (TPSA) is 101 Å². The molecule has 0 amide bonds. The molecule has 5 heteroatoms. The first kappa shape index (κ1) is 23.7. The van der Waals surface area contributed by atoms with Gasteiger partial charge in [-0.3, -0.25) is 0 Å². The largest absolute Gasteiger partial charge is 0.508 e.